The molecule has 2 saturated heterocycles. The molecule has 7 rings (SSSR count). The summed E-state index contributed by atoms with van der Waals surface area (Å²) in [5.41, 5.74) is 1.72. The third-order valence-corrected chi connectivity index (χ3v) is 7.69. The maximum atomic E-state index is 12.2. The van der Waals surface area contributed by atoms with Gasteiger partial charge in [-0.25, -0.2) is 24.7 Å². The van der Waals surface area contributed by atoms with Crippen LogP contribution in [0.1, 0.15) is 36.6 Å². The number of imidazole rings is 1. The molecule has 0 saturated carbocycles. The number of anilines is 2. The standard InChI is InChI=1S/C26H24ClN7O4/c27-18-10-16(11-19-22(18)32-23(31-19)15-3-9-36-13-15)37-21-12-20(29-14-30-21)34-7-4-26(5-8-34)17-2-1-6-28-24(17)33-25(35)38-26/h1-2,6,10-12,14-15H,3-5,7-9,13H2,(H,31,32)(H,28,33,35). The van der Waals surface area contributed by atoms with Crippen LogP contribution < -0.4 is 15.0 Å². The lowest BCUT2D eigenvalue weighted by Gasteiger charge is -2.44. The Kier molecular flexibility index (Phi) is 5.55. The van der Waals surface area contributed by atoms with Crippen LogP contribution in [0, 0.1) is 0 Å². The van der Waals surface area contributed by atoms with Crippen molar-refractivity contribution >= 4 is 40.4 Å². The van der Waals surface area contributed by atoms with Crippen LogP contribution in [0.3, 0.4) is 0 Å². The zero-order chi connectivity index (χ0) is 25.7. The number of nitrogens with zero attached hydrogens (tertiary/aromatic N) is 5. The summed E-state index contributed by atoms with van der Waals surface area (Å²) in [4.78, 5) is 35.4. The number of benzene rings is 1. The highest BCUT2D eigenvalue weighted by atomic mass is 35.5. The van der Waals surface area contributed by atoms with E-state index in [0.717, 1.165) is 35.8 Å². The number of H-pyrrole nitrogens is 1. The molecule has 0 aliphatic carbocycles. The lowest BCUT2D eigenvalue weighted by Crippen LogP contribution is -2.48. The van der Waals surface area contributed by atoms with Crippen LogP contribution in [-0.4, -0.2) is 57.3 Å². The molecule has 3 aromatic heterocycles. The second-order valence-electron chi connectivity index (χ2n) is 9.70. The molecule has 6 heterocycles. The Morgan fingerprint density at radius 1 is 1.16 bits per heavy atom. The number of rotatable bonds is 4. The number of carbonyl (C=O) groups excluding carboxylic acids is 1. The molecule has 3 aliphatic rings. The van der Waals surface area contributed by atoms with Crippen molar-refractivity contribution in [1.29, 1.82) is 0 Å². The highest BCUT2D eigenvalue weighted by Crippen LogP contribution is 2.43. The number of fused-ring (bicyclic) bond motifs is 3. The number of pyridine rings is 1. The highest BCUT2D eigenvalue weighted by molar-refractivity contribution is 6.35. The van der Waals surface area contributed by atoms with E-state index in [1.807, 2.05) is 18.2 Å². The lowest BCUT2D eigenvalue weighted by molar-refractivity contribution is -0.00853. The van der Waals surface area contributed by atoms with Gasteiger partial charge in [0.2, 0.25) is 5.88 Å². The van der Waals surface area contributed by atoms with Gasteiger partial charge < -0.3 is 24.1 Å². The quantitative estimate of drug-likeness (QED) is 0.381. The number of amides is 1. The molecule has 4 aromatic rings. The number of carbonyl (C=O) groups is 1. The third-order valence-electron chi connectivity index (χ3n) is 7.40. The lowest BCUT2D eigenvalue weighted by atomic mass is 9.83. The number of halogens is 1. The summed E-state index contributed by atoms with van der Waals surface area (Å²) in [7, 11) is 0. The molecule has 1 atom stereocenters. The van der Waals surface area contributed by atoms with E-state index in [9.17, 15) is 4.79 Å². The zero-order valence-electron chi connectivity index (χ0n) is 20.3. The molecule has 0 bridgehead atoms. The maximum absolute atomic E-state index is 12.2. The van der Waals surface area contributed by atoms with E-state index in [2.05, 4.69) is 35.1 Å². The molecule has 2 fully saturated rings. The fraction of sp³-hybridized carbons (Fsp3) is 0.346. The van der Waals surface area contributed by atoms with Crippen molar-refractivity contribution in [2.75, 3.05) is 36.5 Å². The van der Waals surface area contributed by atoms with Gasteiger partial charge in [0.05, 0.1) is 17.1 Å². The molecule has 1 aromatic carbocycles. The number of aromatic nitrogens is 5. The van der Waals surface area contributed by atoms with Gasteiger partial charge in [-0.3, -0.25) is 5.32 Å². The predicted octanol–water partition coefficient (Wildman–Crippen LogP) is 4.76. The van der Waals surface area contributed by atoms with E-state index < -0.39 is 11.7 Å². The SMILES string of the molecule is O=C1Nc2ncccc2C2(CCN(c3cc(Oc4cc(Cl)c5nc(C6CCOC6)[nH]c5c4)ncn3)CC2)O1. The first kappa shape index (κ1) is 23.2. The Morgan fingerprint density at radius 2 is 2.05 bits per heavy atom. The van der Waals surface area contributed by atoms with Crippen LogP contribution in [0.25, 0.3) is 11.0 Å². The predicted molar refractivity (Wildman–Crippen MR) is 139 cm³/mol. The first-order valence-corrected chi connectivity index (χ1v) is 12.9. The summed E-state index contributed by atoms with van der Waals surface area (Å²) < 4.78 is 17.4. The van der Waals surface area contributed by atoms with E-state index in [1.165, 1.54) is 6.33 Å². The summed E-state index contributed by atoms with van der Waals surface area (Å²) in [5.74, 6) is 3.36. The molecule has 12 heteroatoms. The average Bonchev–Trinajstić information content (AvgIpc) is 3.60. The topological polar surface area (TPSA) is 127 Å². The van der Waals surface area contributed by atoms with Gasteiger partial charge in [0.15, 0.2) is 0 Å². The number of aromatic amines is 1. The number of ether oxygens (including phenoxy) is 3. The molecule has 11 nitrogen and oxygen atoms in total. The Labute approximate surface area is 222 Å². The van der Waals surface area contributed by atoms with Crippen LogP contribution in [0.5, 0.6) is 11.6 Å². The van der Waals surface area contributed by atoms with Gasteiger partial charge in [0, 0.05) is 68.4 Å². The van der Waals surface area contributed by atoms with Crippen molar-refractivity contribution in [3.8, 4) is 11.6 Å². The minimum Gasteiger partial charge on any atom is -0.439 e. The van der Waals surface area contributed by atoms with Gasteiger partial charge in [0.1, 0.15) is 40.7 Å². The molecule has 38 heavy (non-hydrogen) atoms. The molecular weight excluding hydrogens is 510 g/mol. The largest absolute Gasteiger partial charge is 0.439 e. The Bertz CT molecular complexity index is 1530. The summed E-state index contributed by atoms with van der Waals surface area (Å²) in [6.45, 7) is 2.67. The second kappa shape index (κ2) is 9.10. The second-order valence-corrected chi connectivity index (χ2v) is 10.1. The smallest absolute Gasteiger partial charge is 0.413 e. The molecular formula is C26H24ClN7O4. The van der Waals surface area contributed by atoms with Gasteiger partial charge in [-0.05, 0) is 18.6 Å². The first-order valence-electron chi connectivity index (χ1n) is 12.5. The molecule has 3 aliphatic heterocycles. The summed E-state index contributed by atoms with van der Waals surface area (Å²) in [6, 6.07) is 9.23. The molecule has 0 radical (unpaired) electrons. The van der Waals surface area contributed by atoms with E-state index in [4.69, 9.17) is 25.8 Å². The Balaban J connectivity index is 1.09. The number of hydrogen-bond acceptors (Lipinski definition) is 9. The number of nitrogens with one attached hydrogen (secondary N) is 2. The molecule has 1 unspecified atom stereocenters. The minimum atomic E-state index is -0.700. The van der Waals surface area contributed by atoms with E-state index in [1.54, 1.807) is 18.3 Å². The van der Waals surface area contributed by atoms with Crippen molar-refractivity contribution < 1.29 is 19.0 Å². The first-order chi connectivity index (χ1) is 18.6. The Morgan fingerprint density at radius 3 is 2.89 bits per heavy atom. The number of hydrogen-bond donors (Lipinski definition) is 2. The van der Waals surface area contributed by atoms with E-state index in [0.29, 0.717) is 60.5 Å². The highest BCUT2D eigenvalue weighted by Gasteiger charge is 2.45. The van der Waals surface area contributed by atoms with E-state index >= 15 is 0 Å². The average molecular weight is 534 g/mol. The van der Waals surface area contributed by atoms with Crippen molar-refractivity contribution in [1.82, 2.24) is 24.9 Å². The summed E-state index contributed by atoms with van der Waals surface area (Å²) >= 11 is 6.54. The van der Waals surface area contributed by atoms with Crippen LogP contribution in [0.4, 0.5) is 16.4 Å². The van der Waals surface area contributed by atoms with Gasteiger partial charge in [-0.2, -0.15) is 0 Å². The van der Waals surface area contributed by atoms with Crippen molar-refractivity contribution in [3.63, 3.8) is 0 Å². The third kappa shape index (κ3) is 4.07. The van der Waals surface area contributed by atoms with Crippen molar-refractivity contribution in [3.05, 3.63) is 59.3 Å². The van der Waals surface area contributed by atoms with Gasteiger partial charge in [0.25, 0.3) is 0 Å². The van der Waals surface area contributed by atoms with Crippen LogP contribution >= 0.6 is 11.6 Å². The molecule has 2 N–H and O–H groups in total. The van der Waals surface area contributed by atoms with Gasteiger partial charge in [-0.15, -0.1) is 0 Å². The Hall–Kier alpha value is -3.96. The van der Waals surface area contributed by atoms with Crippen LogP contribution in [-0.2, 0) is 15.1 Å². The van der Waals surface area contributed by atoms with Gasteiger partial charge in [-0.1, -0.05) is 11.6 Å². The summed E-state index contributed by atoms with van der Waals surface area (Å²) in [6.07, 6.45) is 4.83. The van der Waals surface area contributed by atoms with Crippen LogP contribution in [0.15, 0.2) is 42.9 Å². The fourth-order valence-corrected chi connectivity index (χ4v) is 5.70. The maximum Gasteiger partial charge on any atom is 0.413 e. The normalized spacial score (nSPS) is 20.3. The van der Waals surface area contributed by atoms with Crippen molar-refractivity contribution in [2.45, 2.75) is 30.8 Å². The number of piperidine rings is 1. The minimum absolute atomic E-state index is 0.245. The summed E-state index contributed by atoms with van der Waals surface area (Å²) in [5, 5.41) is 3.19. The van der Waals surface area contributed by atoms with Crippen LogP contribution in [0.2, 0.25) is 5.02 Å². The molecule has 1 spiro atoms. The molecule has 194 valence electrons. The molecule has 1 amide bonds. The fourth-order valence-electron chi connectivity index (χ4n) is 5.45. The van der Waals surface area contributed by atoms with E-state index in [-0.39, 0.29) is 5.92 Å². The monoisotopic (exact) mass is 533 g/mol. The zero-order valence-corrected chi connectivity index (χ0v) is 21.1. The van der Waals surface area contributed by atoms with Gasteiger partial charge >= 0.3 is 6.09 Å². The van der Waals surface area contributed by atoms with Crippen molar-refractivity contribution in [2.24, 2.45) is 0 Å².